The molecule has 9 aliphatic heterocycles. The Bertz CT molecular complexity index is 4780. The zero-order chi connectivity index (χ0) is 80.3. The van der Waals surface area contributed by atoms with Gasteiger partial charge in [0.15, 0.2) is 0 Å². The number of likely N-dealkylation sites (tertiary alicyclic amines) is 3. The Morgan fingerprint density at radius 1 is 0.539 bits per heavy atom. The number of carbonyl (C=O) groups excluding carboxylic acids is 2. The number of amides is 2. The SMILES string of the molecule is C=CC(=O)N1CCN(c2nc(OC[C@@H]3CCCN3C)nc3c2CCN(c2cc(C4C[C@@H](COc5nc6c(c(N7CCN(C(=O)C=C)C(CC#N)C7)n5)CCN(c5ccc(C7C[C@@H](COc8nc9c(c(N%10CCN(C(O)C=C)C(CC#N)C%10)n8)CCN(c8ccccc8F)C9)N(C)C7)c(C)c5C)C6)N(C)C4)ccc2Cl)C3)CC1CC#N. The Kier molecular flexibility index (Phi) is 24.4. The minimum absolute atomic E-state index is 0.0217. The Morgan fingerprint density at radius 2 is 1.02 bits per heavy atom. The third-order valence-electron chi connectivity index (χ3n) is 25.7. The smallest absolute Gasteiger partial charge is 0.318 e. The van der Waals surface area contributed by atoms with Gasteiger partial charge < -0.3 is 63.4 Å². The fourth-order valence-electron chi connectivity index (χ4n) is 19.1. The largest absolute Gasteiger partial charge is 0.462 e. The lowest BCUT2D eigenvalue weighted by Crippen LogP contribution is -2.56. The summed E-state index contributed by atoms with van der Waals surface area (Å²) in [5.74, 6) is 2.02. The first-order chi connectivity index (χ1) is 55.8. The van der Waals surface area contributed by atoms with E-state index in [1.54, 1.807) is 21.9 Å². The Morgan fingerprint density at radius 3 is 1.52 bits per heavy atom. The van der Waals surface area contributed by atoms with Crippen molar-refractivity contribution in [3.05, 3.63) is 159 Å². The molecular weight excluding hydrogens is 1480 g/mol. The quantitative estimate of drug-likeness (QED) is 0.0439. The molecule has 0 aliphatic carbocycles. The standard InChI is InChI=1S/C86H105ClFN21O6/c1-9-78(110)107-38-35-104(46-60(107)22-28-89)81-67-25-32-101(75-21-19-66(55(4)56(75)5)59-42-65(100(8)45-59)54-115-86-93-73-50-102(76-17-13-12-16-71(76)88)33-26-68(73)82(97-86)105-36-39-108(79(111)10-2)61(47-105)23-29-90)49-72(67)92-85(96-81)114-53-64-41-58(44-99(64)7)57-18-20-70(87)77(43-57)103-34-27-69-74(51-103)94-84(113-52-63-15-14-31-98(63)6)95-83(69)106-37-40-109(80(112)11-3)62(48-106)24-30-91/h9-13,16-21,43,58-65,79,111H,1-3,14-15,22-27,31-42,44-54H2,4-8H3/t58?,59?,60?,61?,62?,63-,64-,65-,79?/m0/s1. The van der Waals surface area contributed by atoms with Crippen LogP contribution < -0.4 is 43.6 Å². The molecule has 0 bridgehead atoms. The maximum absolute atomic E-state index is 15.3. The molecule has 604 valence electrons. The number of hydrogen-bond acceptors (Lipinski definition) is 25. The molecule has 6 unspecified atom stereocenters. The van der Waals surface area contributed by atoms with Crippen molar-refractivity contribution in [1.29, 1.82) is 15.8 Å². The van der Waals surface area contributed by atoms with E-state index < -0.39 is 6.23 Å². The first-order valence-electron chi connectivity index (χ1n) is 40.7. The van der Waals surface area contributed by atoms with E-state index in [4.69, 9.17) is 55.7 Å². The molecule has 0 spiro atoms. The van der Waals surface area contributed by atoms with Gasteiger partial charge in [0.1, 0.15) is 49.3 Å². The van der Waals surface area contributed by atoms with Gasteiger partial charge in [0.2, 0.25) is 11.8 Å². The minimum atomic E-state index is -0.880. The van der Waals surface area contributed by atoms with Crippen molar-refractivity contribution in [2.24, 2.45) is 0 Å². The number of ether oxygens (including phenoxy) is 3. The van der Waals surface area contributed by atoms with Gasteiger partial charge in [-0.1, -0.05) is 55.6 Å². The Hall–Kier alpha value is -10.3. The highest BCUT2D eigenvalue weighted by molar-refractivity contribution is 6.33. The van der Waals surface area contributed by atoms with Crippen LogP contribution in [0.1, 0.15) is 113 Å². The molecule has 0 saturated carbocycles. The number of nitrogens with zero attached hydrogens (tertiary/aromatic N) is 21. The molecule has 1 N–H and O–H groups in total. The molecule has 115 heavy (non-hydrogen) atoms. The van der Waals surface area contributed by atoms with E-state index in [1.807, 2.05) is 21.9 Å². The second-order valence-corrected chi connectivity index (χ2v) is 32.8. The number of fused-ring (bicyclic) bond motifs is 3. The second-order valence-electron chi connectivity index (χ2n) is 32.4. The first-order valence-corrected chi connectivity index (χ1v) is 41.0. The predicted molar refractivity (Wildman–Crippen MR) is 439 cm³/mol. The minimum Gasteiger partial charge on any atom is -0.462 e. The topological polar surface area (TPSA) is 270 Å². The van der Waals surface area contributed by atoms with Crippen LogP contribution in [0.3, 0.4) is 0 Å². The number of anilines is 6. The average molecular weight is 1580 g/mol. The van der Waals surface area contributed by atoms with Crippen LogP contribution in [0.4, 0.5) is 38.9 Å². The molecule has 9 atom stereocenters. The summed E-state index contributed by atoms with van der Waals surface area (Å²) < 4.78 is 35.3. The first kappa shape index (κ1) is 80.0. The van der Waals surface area contributed by atoms with Crippen molar-refractivity contribution in [2.45, 2.75) is 152 Å². The highest BCUT2D eigenvalue weighted by atomic mass is 35.5. The van der Waals surface area contributed by atoms with Gasteiger partial charge >= 0.3 is 18.0 Å². The van der Waals surface area contributed by atoms with Gasteiger partial charge in [-0.05, 0) is 169 Å². The predicted octanol–water partition coefficient (Wildman–Crippen LogP) is 8.50. The molecule has 6 fully saturated rings. The molecular formula is C86H105ClFN21O6. The van der Waals surface area contributed by atoms with Crippen molar-refractivity contribution < 1.29 is 33.3 Å². The lowest BCUT2D eigenvalue weighted by atomic mass is 9.89. The number of aliphatic hydroxyl groups excluding tert-OH is 1. The van der Waals surface area contributed by atoms with Gasteiger partial charge in [0, 0.05) is 138 Å². The van der Waals surface area contributed by atoms with Crippen LogP contribution in [0.25, 0.3) is 0 Å². The van der Waals surface area contributed by atoms with E-state index in [-0.39, 0.29) is 97.0 Å². The summed E-state index contributed by atoms with van der Waals surface area (Å²) in [5, 5.41) is 41.3. The summed E-state index contributed by atoms with van der Waals surface area (Å²) in [4.78, 5) is 82.9. The molecule has 6 saturated heterocycles. The van der Waals surface area contributed by atoms with E-state index in [1.165, 1.54) is 46.5 Å². The van der Waals surface area contributed by atoms with Crippen LogP contribution in [0.5, 0.6) is 18.0 Å². The molecule has 29 heteroatoms. The van der Waals surface area contributed by atoms with Crippen molar-refractivity contribution >= 4 is 57.9 Å². The highest BCUT2D eigenvalue weighted by Crippen LogP contribution is 2.43. The maximum atomic E-state index is 15.3. The van der Waals surface area contributed by atoms with Gasteiger partial charge in [0.25, 0.3) is 0 Å². The fourth-order valence-corrected chi connectivity index (χ4v) is 19.4. The lowest BCUT2D eigenvalue weighted by Gasteiger charge is -2.43. The average Bonchev–Trinajstić information content (AvgIpc) is 1.54. The number of hydrogen-bond donors (Lipinski definition) is 1. The van der Waals surface area contributed by atoms with Gasteiger partial charge in [0.05, 0.1) is 103 Å². The number of rotatable bonds is 24. The summed E-state index contributed by atoms with van der Waals surface area (Å²) in [7, 11) is 6.41. The van der Waals surface area contributed by atoms with E-state index in [0.717, 1.165) is 108 Å². The van der Waals surface area contributed by atoms with Gasteiger partial charge in [-0.2, -0.15) is 45.7 Å². The van der Waals surface area contributed by atoms with Crippen LogP contribution in [0, 0.1) is 53.7 Å². The number of aromatic nitrogens is 6. The van der Waals surface area contributed by atoms with Gasteiger partial charge in [-0.15, -0.1) is 0 Å². The monoisotopic (exact) mass is 1580 g/mol. The summed E-state index contributed by atoms with van der Waals surface area (Å²) in [6.45, 7) is 27.2. The number of nitriles is 3. The molecule has 12 heterocycles. The third kappa shape index (κ3) is 16.8. The molecule has 6 aromatic rings. The van der Waals surface area contributed by atoms with E-state index >= 15 is 4.39 Å². The second kappa shape index (κ2) is 35.1. The Labute approximate surface area is 679 Å². The summed E-state index contributed by atoms with van der Waals surface area (Å²) in [6, 6.07) is 25.0. The van der Waals surface area contributed by atoms with Crippen molar-refractivity contribution in [1.82, 2.24) is 59.3 Å². The number of carbonyl (C=O) groups is 2. The summed E-state index contributed by atoms with van der Waals surface area (Å²) in [5.41, 5.74) is 13.0. The number of piperazine rings is 3. The lowest BCUT2D eigenvalue weighted by molar-refractivity contribution is -0.129. The molecule has 15 rings (SSSR count). The van der Waals surface area contributed by atoms with Crippen molar-refractivity contribution in [3.8, 4) is 36.2 Å². The molecule has 9 aliphatic rings. The number of benzene rings is 3. The zero-order valence-corrected chi connectivity index (χ0v) is 67.6. The summed E-state index contributed by atoms with van der Waals surface area (Å²) >= 11 is 7.22. The number of likely N-dealkylation sites (N-methyl/N-ethyl adjacent to an activating group) is 3. The van der Waals surface area contributed by atoms with E-state index in [2.05, 4.69) is 136 Å². The number of para-hydroxylation sites is 1. The zero-order valence-electron chi connectivity index (χ0n) is 66.8. The van der Waals surface area contributed by atoms with E-state index in [0.29, 0.717) is 154 Å². The number of aliphatic hydroxyl groups is 1. The molecule has 27 nitrogen and oxygen atoms in total. The van der Waals surface area contributed by atoms with Crippen LogP contribution in [0.15, 0.2) is 92.6 Å². The molecule has 3 aromatic carbocycles. The molecule has 2 amide bonds. The van der Waals surface area contributed by atoms with Crippen LogP contribution in [0.2, 0.25) is 5.02 Å². The van der Waals surface area contributed by atoms with Crippen LogP contribution >= 0.6 is 11.6 Å². The Balaban J connectivity index is 0.637. The summed E-state index contributed by atoms with van der Waals surface area (Å²) in [6.07, 6.45) is 9.54. The van der Waals surface area contributed by atoms with Crippen molar-refractivity contribution in [2.75, 3.05) is 169 Å². The normalized spacial score (nSPS) is 23.7. The van der Waals surface area contributed by atoms with Gasteiger partial charge in [-0.25, -0.2) is 4.39 Å². The maximum Gasteiger partial charge on any atom is 0.318 e. The van der Waals surface area contributed by atoms with Crippen molar-refractivity contribution in [3.63, 3.8) is 0 Å². The van der Waals surface area contributed by atoms with Gasteiger partial charge in [-0.3, -0.25) is 24.3 Å². The molecule has 0 radical (unpaired) electrons. The third-order valence-corrected chi connectivity index (χ3v) is 26.0. The highest BCUT2D eigenvalue weighted by Gasteiger charge is 2.41. The molecule has 3 aromatic heterocycles. The van der Waals surface area contributed by atoms with E-state index in [9.17, 15) is 30.5 Å². The van der Waals surface area contributed by atoms with Crippen LogP contribution in [-0.2, 0) is 48.5 Å². The fraction of sp³-hybridized carbons (Fsp3) is 0.523. The number of halogens is 2. The van der Waals surface area contributed by atoms with Crippen LogP contribution in [-0.4, -0.2) is 258 Å².